The quantitative estimate of drug-likeness (QED) is 0.833. The van der Waals surface area contributed by atoms with Crippen molar-refractivity contribution >= 4 is 17.7 Å². The van der Waals surface area contributed by atoms with Gasteiger partial charge in [0.05, 0.1) is 5.75 Å². The van der Waals surface area contributed by atoms with E-state index in [-0.39, 0.29) is 11.9 Å². The van der Waals surface area contributed by atoms with Crippen molar-refractivity contribution in [1.29, 1.82) is 0 Å². The zero-order chi connectivity index (χ0) is 15.2. The first-order valence-corrected chi connectivity index (χ1v) is 7.94. The summed E-state index contributed by atoms with van der Waals surface area (Å²) in [5, 5.41) is 11.7. The standard InChI is InChI=1S/C15H20N4OS/c1-11(2)12(3)17-14(20)9-21-15-18-16-10-19(15)13-7-5-4-6-8-13/h4-8,10-12H,9H2,1-3H3,(H,17,20)/t12-/m0/s1. The van der Waals surface area contributed by atoms with E-state index in [1.165, 1.54) is 11.8 Å². The molecule has 112 valence electrons. The lowest BCUT2D eigenvalue weighted by atomic mass is 10.1. The van der Waals surface area contributed by atoms with Crippen LogP contribution in [0.2, 0.25) is 0 Å². The van der Waals surface area contributed by atoms with Crippen molar-refractivity contribution in [1.82, 2.24) is 20.1 Å². The van der Waals surface area contributed by atoms with Crippen LogP contribution in [0.5, 0.6) is 0 Å². The summed E-state index contributed by atoms with van der Waals surface area (Å²) in [6.07, 6.45) is 1.66. The molecule has 0 bridgehead atoms. The van der Waals surface area contributed by atoms with Gasteiger partial charge in [0.15, 0.2) is 5.16 Å². The Labute approximate surface area is 129 Å². The van der Waals surface area contributed by atoms with Gasteiger partial charge in [-0.05, 0) is 25.0 Å². The van der Waals surface area contributed by atoms with Crippen LogP contribution in [0.1, 0.15) is 20.8 Å². The van der Waals surface area contributed by atoms with Crippen molar-refractivity contribution in [3.63, 3.8) is 0 Å². The zero-order valence-corrected chi connectivity index (χ0v) is 13.3. The number of hydrogen-bond acceptors (Lipinski definition) is 4. The first kappa shape index (κ1) is 15.6. The maximum absolute atomic E-state index is 11.9. The Balaban J connectivity index is 1.96. The van der Waals surface area contributed by atoms with E-state index in [1.807, 2.05) is 41.8 Å². The largest absolute Gasteiger partial charge is 0.353 e. The minimum Gasteiger partial charge on any atom is -0.353 e. The number of carbonyl (C=O) groups excluding carboxylic acids is 1. The molecular weight excluding hydrogens is 284 g/mol. The molecule has 2 rings (SSSR count). The third kappa shape index (κ3) is 4.32. The van der Waals surface area contributed by atoms with Gasteiger partial charge in [0.2, 0.25) is 5.91 Å². The number of para-hydroxylation sites is 1. The molecule has 0 aliphatic heterocycles. The average Bonchev–Trinajstić information content (AvgIpc) is 2.94. The number of nitrogens with zero attached hydrogens (tertiary/aromatic N) is 3. The van der Waals surface area contributed by atoms with Gasteiger partial charge in [0.1, 0.15) is 6.33 Å². The Morgan fingerprint density at radius 1 is 1.29 bits per heavy atom. The van der Waals surface area contributed by atoms with Crippen LogP contribution in [0.25, 0.3) is 5.69 Å². The van der Waals surface area contributed by atoms with Crippen molar-refractivity contribution in [2.24, 2.45) is 5.92 Å². The van der Waals surface area contributed by atoms with E-state index in [4.69, 9.17) is 0 Å². The van der Waals surface area contributed by atoms with Crippen LogP contribution in [-0.4, -0.2) is 32.5 Å². The summed E-state index contributed by atoms with van der Waals surface area (Å²) >= 11 is 1.39. The van der Waals surface area contributed by atoms with Crippen LogP contribution in [0.3, 0.4) is 0 Å². The molecule has 1 atom stereocenters. The van der Waals surface area contributed by atoms with E-state index in [0.717, 1.165) is 5.69 Å². The summed E-state index contributed by atoms with van der Waals surface area (Å²) in [4.78, 5) is 11.9. The lowest BCUT2D eigenvalue weighted by Gasteiger charge is -2.17. The lowest BCUT2D eigenvalue weighted by molar-refractivity contribution is -0.119. The second-order valence-corrected chi connectivity index (χ2v) is 6.15. The second kappa shape index (κ2) is 7.26. The van der Waals surface area contributed by atoms with Crippen molar-refractivity contribution in [3.8, 4) is 5.69 Å². The summed E-state index contributed by atoms with van der Waals surface area (Å²) in [6.45, 7) is 6.19. The lowest BCUT2D eigenvalue weighted by Crippen LogP contribution is -2.37. The molecule has 0 unspecified atom stereocenters. The minimum absolute atomic E-state index is 0.0174. The molecule has 2 aromatic rings. The third-order valence-corrected chi connectivity index (χ3v) is 4.21. The third-order valence-electron chi connectivity index (χ3n) is 3.27. The number of benzene rings is 1. The Kier molecular flexibility index (Phi) is 5.38. The Morgan fingerprint density at radius 2 is 2.00 bits per heavy atom. The molecule has 0 fully saturated rings. The first-order valence-electron chi connectivity index (χ1n) is 6.95. The van der Waals surface area contributed by atoms with Gasteiger partial charge in [-0.25, -0.2) is 0 Å². The molecule has 1 heterocycles. The van der Waals surface area contributed by atoms with Crippen molar-refractivity contribution in [2.45, 2.75) is 32.0 Å². The van der Waals surface area contributed by atoms with Gasteiger partial charge in [-0.3, -0.25) is 9.36 Å². The second-order valence-electron chi connectivity index (χ2n) is 5.21. The van der Waals surface area contributed by atoms with Crippen LogP contribution < -0.4 is 5.32 Å². The summed E-state index contributed by atoms with van der Waals surface area (Å²) in [5.41, 5.74) is 0.987. The normalized spacial score (nSPS) is 12.4. The van der Waals surface area contributed by atoms with Crippen LogP contribution in [0.15, 0.2) is 41.8 Å². The predicted molar refractivity (Wildman–Crippen MR) is 84.5 cm³/mol. The number of rotatable bonds is 6. The highest BCUT2D eigenvalue weighted by atomic mass is 32.2. The highest BCUT2D eigenvalue weighted by Gasteiger charge is 2.13. The first-order chi connectivity index (χ1) is 10.1. The number of aromatic nitrogens is 3. The summed E-state index contributed by atoms with van der Waals surface area (Å²) in [6, 6.07) is 10.0. The molecule has 0 radical (unpaired) electrons. The molecule has 1 aromatic carbocycles. The smallest absolute Gasteiger partial charge is 0.230 e. The van der Waals surface area contributed by atoms with Crippen LogP contribution in [0.4, 0.5) is 0 Å². The molecule has 5 nitrogen and oxygen atoms in total. The molecule has 1 aromatic heterocycles. The van der Waals surface area contributed by atoms with E-state index in [9.17, 15) is 4.79 Å². The van der Waals surface area contributed by atoms with Gasteiger partial charge in [-0.2, -0.15) is 0 Å². The summed E-state index contributed by atoms with van der Waals surface area (Å²) in [7, 11) is 0. The molecule has 21 heavy (non-hydrogen) atoms. The number of nitrogens with one attached hydrogen (secondary N) is 1. The molecule has 0 aliphatic carbocycles. The van der Waals surface area contributed by atoms with Crippen molar-refractivity contribution < 1.29 is 4.79 Å². The van der Waals surface area contributed by atoms with Gasteiger partial charge in [-0.15, -0.1) is 10.2 Å². The van der Waals surface area contributed by atoms with E-state index >= 15 is 0 Å². The minimum atomic E-state index is 0.0174. The fraction of sp³-hybridized carbons (Fsp3) is 0.400. The molecule has 0 aliphatic rings. The van der Waals surface area contributed by atoms with Gasteiger partial charge in [0, 0.05) is 11.7 Å². The van der Waals surface area contributed by atoms with E-state index in [1.54, 1.807) is 6.33 Å². The Morgan fingerprint density at radius 3 is 2.67 bits per heavy atom. The number of hydrogen-bond donors (Lipinski definition) is 1. The Hall–Kier alpha value is -1.82. The van der Waals surface area contributed by atoms with Gasteiger partial charge < -0.3 is 5.32 Å². The van der Waals surface area contributed by atoms with Gasteiger partial charge >= 0.3 is 0 Å². The molecule has 0 spiro atoms. The van der Waals surface area contributed by atoms with E-state index in [0.29, 0.717) is 16.8 Å². The maximum Gasteiger partial charge on any atom is 0.230 e. The predicted octanol–water partition coefficient (Wildman–Crippen LogP) is 2.52. The van der Waals surface area contributed by atoms with Crippen molar-refractivity contribution in [2.75, 3.05) is 5.75 Å². The summed E-state index contributed by atoms with van der Waals surface area (Å²) in [5.74, 6) is 0.776. The number of amides is 1. The number of carbonyl (C=O) groups is 1. The molecule has 0 saturated carbocycles. The maximum atomic E-state index is 11.9. The molecular formula is C15H20N4OS. The highest BCUT2D eigenvalue weighted by Crippen LogP contribution is 2.19. The highest BCUT2D eigenvalue weighted by molar-refractivity contribution is 7.99. The Bertz CT molecular complexity index is 582. The molecule has 0 saturated heterocycles. The van der Waals surface area contributed by atoms with Crippen molar-refractivity contribution in [3.05, 3.63) is 36.7 Å². The van der Waals surface area contributed by atoms with Crippen LogP contribution in [-0.2, 0) is 4.79 Å². The van der Waals surface area contributed by atoms with Crippen LogP contribution in [0, 0.1) is 5.92 Å². The SMILES string of the molecule is CC(C)[C@H](C)NC(=O)CSc1nncn1-c1ccccc1. The molecule has 1 N–H and O–H groups in total. The fourth-order valence-electron chi connectivity index (χ4n) is 1.68. The average molecular weight is 304 g/mol. The van der Waals surface area contributed by atoms with E-state index < -0.39 is 0 Å². The fourth-order valence-corrected chi connectivity index (χ4v) is 2.42. The zero-order valence-electron chi connectivity index (χ0n) is 12.5. The topological polar surface area (TPSA) is 59.8 Å². The monoisotopic (exact) mass is 304 g/mol. The molecule has 1 amide bonds. The van der Waals surface area contributed by atoms with Gasteiger partial charge in [-0.1, -0.05) is 43.8 Å². The number of thioether (sulfide) groups is 1. The van der Waals surface area contributed by atoms with Gasteiger partial charge in [0.25, 0.3) is 0 Å². The summed E-state index contributed by atoms with van der Waals surface area (Å²) < 4.78 is 1.88. The van der Waals surface area contributed by atoms with Crippen LogP contribution >= 0.6 is 11.8 Å². The molecule has 6 heteroatoms. The van der Waals surface area contributed by atoms with E-state index in [2.05, 4.69) is 29.4 Å².